The normalized spacial score (nSPS) is 11.2. The summed E-state index contributed by atoms with van der Waals surface area (Å²) in [5.41, 5.74) is 1.55. The summed E-state index contributed by atoms with van der Waals surface area (Å²) in [5, 5.41) is 27.6. The lowest BCUT2D eigenvalue weighted by Crippen LogP contribution is -2.37. The number of hydrogen-bond donors (Lipinski definition) is 1. The number of hydrogen-bond acceptors (Lipinski definition) is 5. The van der Waals surface area contributed by atoms with Gasteiger partial charge in [0.05, 0.1) is 11.3 Å². The van der Waals surface area contributed by atoms with Gasteiger partial charge in [-0.25, -0.2) is 0 Å². The van der Waals surface area contributed by atoms with Gasteiger partial charge < -0.3 is 10.0 Å². The van der Waals surface area contributed by atoms with E-state index in [-0.39, 0.29) is 0 Å². The third-order valence-electron chi connectivity index (χ3n) is 2.93. The molecule has 1 N–H and O–H groups in total. The standard InChI is InChI=1S/C14H22N4O/c1-6-10-11(8-15)13(17-16-12(10)7-2)18(5)9-14(3,4)19/h19H,6-7,9H2,1-5H3. The van der Waals surface area contributed by atoms with Gasteiger partial charge in [0.1, 0.15) is 11.6 Å². The van der Waals surface area contributed by atoms with Crippen molar-refractivity contribution in [1.29, 1.82) is 5.26 Å². The lowest BCUT2D eigenvalue weighted by molar-refractivity contribution is 0.0884. The van der Waals surface area contributed by atoms with Gasteiger partial charge in [0.2, 0.25) is 0 Å². The average Bonchev–Trinajstić information content (AvgIpc) is 2.34. The first-order valence-corrected chi connectivity index (χ1v) is 6.56. The van der Waals surface area contributed by atoms with Gasteiger partial charge in [-0.2, -0.15) is 10.4 Å². The van der Waals surface area contributed by atoms with Crippen molar-refractivity contribution in [2.75, 3.05) is 18.5 Å². The Hall–Kier alpha value is -1.67. The number of anilines is 1. The zero-order valence-corrected chi connectivity index (χ0v) is 12.4. The summed E-state index contributed by atoms with van der Waals surface area (Å²) in [5.74, 6) is 0.540. The predicted molar refractivity (Wildman–Crippen MR) is 75.1 cm³/mol. The van der Waals surface area contributed by atoms with Crippen molar-refractivity contribution >= 4 is 5.82 Å². The first-order chi connectivity index (χ1) is 8.84. The highest BCUT2D eigenvalue weighted by Gasteiger charge is 2.21. The second-order valence-electron chi connectivity index (χ2n) is 5.31. The molecular formula is C14H22N4O. The Morgan fingerprint density at radius 3 is 2.32 bits per heavy atom. The first kappa shape index (κ1) is 15.4. The van der Waals surface area contributed by atoms with E-state index in [1.165, 1.54) is 0 Å². The molecule has 5 nitrogen and oxygen atoms in total. The van der Waals surface area contributed by atoms with Crippen LogP contribution in [0.5, 0.6) is 0 Å². The number of aryl methyl sites for hydroxylation is 1. The van der Waals surface area contributed by atoms with Crippen LogP contribution in [0.3, 0.4) is 0 Å². The van der Waals surface area contributed by atoms with Crippen LogP contribution in [0.4, 0.5) is 5.82 Å². The molecule has 0 radical (unpaired) electrons. The second-order valence-corrected chi connectivity index (χ2v) is 5.31. The molecule has 1 aromatic rings. The zero-order valence-electron chi connectivity index (χ0n) is 12.4. The number of likely N-dealkylation sites (N-methyl/N-ethyl adjacent to an activating group) is 1. The fraction of sp³-hybridized carbons (Fsp3) is 0.643. The van der Waals surface area contributed by atoms with E-state index in [2.05, 4.69) is 16.3 Å². The van der Waals surface area contributed by atoms with E-state index in [0.717, 1.165) is 24.1 Å². The molecule has 0 aliphatic rings. The highest BCUT2D eigenvalue weighted by atomic mass is 16.3. The molecule has 0 saturated carbocycles. The minimum absolute atomic E-state index is 0.394. The van der Waals surface area contributed by atoms with Gasteiger partial charge >= 0.3 is 0 Å². The van der Waals surface area contributed by atoms with Crippen LogP contribution in [0, 0.1) is 11.3 Å². The van der Waals surface area contributed by atoms with Crippen LogP contribution in [0.15, 0.2) is 0 Å². The Balaban J connectivity index is 3.26. The molecule has 0 aliphatic carbocycles. The lowest BCUT2D eigenvalue weighted by Gasteiger charge is -2.27. The van der Waals surface area contributed by atoms with Crippen molar-refractivity contribution in [3.63, 3.8) is 0 Å². The smallest absolute Gasteiger partial charge is 0.169 e. The Morgan fingerprint density at radius 2 is 1.89 bits per heavy atom. The van der Waals surface area contributed by atoms with E-state index in [1.807, 2.05) is 20.9 Å². The largest absolute Gasteiger partial charge is 0.389 e. The minimum atomic E-state index is -0.848. The fourth-order valence-corrected chi connectivity index (χ4v) is 2.20. The summed E-state index contributed by atoms with van der Waals surface area (Å²) in [6, 6.07) is 2.23. The molecule has 1 heterocycles. The molecule has 0 saturated heterocycles. The number of aliphatic hydroxyl groups is 1. The number of nitrogens with zero attached hydrogens (tertiary/aromatic N) is 4. The number of aromatic nitrogens is 2. The summed E-state index contributed by atoms with van der Waals surface area (Å²) < 4.78 is 0. The molecule has 0 aliphatic heterocycles. The van der Waals surface area contributed by atoms with E-state index in [1.54, 1.807) is 18.7 Å². The highest BCUT2D eigenvalue weighted by Crippen LogP contribution is 2.23. The van der Waals surface area contributed by atoms with E-state index in [4.69, 9.17) is 0 Å². The summed E-state index contributed by atoms with van der Waals surface area (Å²) in [4.78, 5) is 1.78. The summed E-state index contributed by atoms with van der Waals surface area (Å²) in [7, 11) is 1.81. The molecule has 0 amide bonds. The SMILES string of the molecule is CCc1nnc(N(C)CC(C)(C)O)c(C#N)c1CC. The molecular weight excluding hydrogens is 240 g/mol. The Bertz CT molecular complexity index is 485. The predicted octanol–water partition coefficient (Wildman–Crippen LogP) is 1.68. The van der Waals surface area contributed by atoms with Crippen LogP contribution in [0.2, 0.25) is 0 Å². The fourth-order valence-electron chi connectivity index (χ4n) is 2.20. The van der Waals surface area contributed by atoms with Crippen molar-refractivity contribution in [2.24, 2.45) is 0 Å². The third-order valence-corrected chi connectivity index (χ3v) is 2.93. The summed E-state index contributed by atoms with van der Waals surface area (Å²) in [6.45, 7) is 7.86. The van der Waals surface area contributed by atoms with Gasteiger partial charge in [-0.1, -0.05) is 13.8 Å². The molecule has 104 valence electrons. The number of nitriles is 1. The van der Waals surface area contributed by atoms with E-state index in [0.29, 0.717) is 17.9 Å². The molecule has 0 fully saturated rings. The van der Waals surface area contributed by atoms with E-state index < -0.39 is 5.60 Å². The van der Waals surface area contributed by atoms with Crippen molar-refractivity contribution < 1.29 is 5.11 Å². The highest BCUT2D eigenvalue weighted by molar-refractivity contribution is 5.57. The maximum Gasteiger partial charge on any atom is 0.169 e. The lowest BCUT2D eigenvalue weighted by atomic mass is 10.0. The summed E-state index contributed by atoms with van der Waals surface area (Å²) >= 11 is 0. The number of rotatable bonds is 5. The van der Waals surface area contributed by atoms with Crippen LogP contribution in [0.25, 0.3) is 0 Å². The van der Waals surface area contributed by atoms with Crippen molar-refractivity contribution in [1.82, 2.24) is 10.2 Å². The van der Waals surface area contributed by atoms with Gasteiger partial charge in [0, 0.05) is 13.6 Å². The molecule has 0 bridgehead atoms. The van der Waals surface area contributed by atoms with E-state index in [9.17, 15) is 10.4 Å². The zero-order chi connectivity index (χ0) is 14.6. The molecule has 1 aromatic heterocycles. The third kappa shape index (κ3) is 3.65. The van der Waals surface area contributed by atoms with Gasteiger partial charge in [0.25, 0.3) is 0 Å². The molecule has 0 spiro atoms. The quantitative estimate of drug-likeness (QED) is 0.874. The van der Waals surface area contributed by atoms with Crippen LogP contribution >= 0.6 is 0 Å². The second kappa shape index (κ2) is 5.98. The molecule has 0 unspecified atom stereocenters. The molecule has 0 aromatic carbocycles. The van der Waals surface area contributed by atoms with E-state index >= 15 is 0 Å². The van der Waals surface area contributed by atoms with Crippen molar-refractivity contribution in [2.45, 2.75) is 46.1 Å². The van der Waals surface area contributed by atoms with Crippen LogP contribution in [-0.4, -0.2) is 34.5 Å². The minimum Gasteiger partial charge on any atom is -0.389 e. The van der Waals surface area contributed by atoms with Gasteiger partial charge in [-0.3, -0.25) is 0 Å². The molecule has 1 rings (SSSR count). The first-order valence-electron chi connectivity index (χ1n) is 6.56. The Kier molecular flexibility index (Phi) is 4.84. The van der Waals surface area contributed by atoms with Crippen LogP contribution < -0.4 is 4.90 Å². The molecule has 0 atom stereocenters. The van der Waals surface area contributed by atoms with Gasteiger partial charge in [0.15, 0.2) is 5.82 Å². The van der Waals surface area contributed by atoms with Crippen molar-refractivity contribution in [3.8, 4) is 6.07 Å². The van der Waals surface area contributed by atoms with Crippen LogP contribution in [0.1, 0.15) is 44.5 Å². The van der Waals surface area contributed by atoms with Gasteiger partial charge in [-0.05, 0) is 32.3 Å². The molecule has 19 heavy (non-hydrogen) atoms. The van der Waals surface area contributed by atoms with Crippen molar-refractivity contribution in [3.05, 3.63) is 16.8 Å². The monoisotopic (exact) mass is 262 g/mol. The maximum absolute atomic E-state index is 9.87. The Labute approximate surface area is 114 Å². The maximum atomic E-state index is 9.87. The molecule has 5 heteroatoms. The Morgan fingerprint density at radius 1 is 1.26 bits per heavy atom. The topological polar surface area (TPSA) is 73.0 Å². The van der Waals surface area contributed by atoms with Gasteiger partial charge in [-0.15, -0.1) is 5.10 Å². The average molecular weight is 262 g/mol. The van der Waals surface area contributed by atoms with Crippen LogP contribution in [-0.2, 0) is 12.8 Å². The summed E-state index contributed by atoms with van der Waals surface area (Å²) in [6.07, 6.45) is 1.52.